The molecule has 4 nitrogen and oxygen atoms in total. The Balaban J connectivity index is 2.25. The third-order valence-electron chi connectivity index (χ3n) is 2.88. The number of rotatable bonds is 6. The van der Waals surface area contributed by atoms with Crippen molar-refractivity contribution in [2.45, 2.75) is 25.4 Å². The van der Waals surface area contributed by atoms with Gasteiger partial charge in [0.25, 0.3) is 0 Å². The molecule has 2 aromatic rings. The zero-order valence-corrected chi connectivity index (χ0v) is 11.6. The van der Waals surface area contributed by atoms with Crippen LogP contribution in [0.3, 0.4) is 0 Å². The molecule has 0 aliphatic rings. The van der Waals surface area contributed by atoms with Gasteiger partial charge < -0.3 is 4.74 Å². The Labute approximate surface area is 120 Å². The predicted molar refractivity (Wildman–Crippen MR) is 71.3 cm³/mol. The molecule has 0 unspecified atom stereocenters. The number of hydrogen-bond acceptors (Lipinski definition) is 3. The number of hydrogen-bond donors (Lipinski definition) is 0. The predicted octanol–water partition coefficient (Wildman–Crippen LogP) is 2.95. The van der Waals surface area contributed by atoms with E-state index in [0.29, 0.717) is 30.4 Å². The molecule has 1 aromatic carbocycles. The fourth-order valence-electron chi connectivity index (χ4n) is 1.88. The molecule has 0 radical (unpaired) electrons. The van der Waals surface area contributed by atoms with E-state index >= 15 is 0 Å². The van der Waals surface area contributed by atoms with E-state index in [1.807, 2.05) is 6.07 Å². The van der Waals surface area contributed by atoms with E-state index in [4.69, 9.17) is 4.74 Å². The van der Waals surface area contributed by atoms with E-state index in [-0.39, 0.29) is 6.42 Å². The van der Waals surface area contributed by atoms with E-state index in [1.165, 1.54) is 4.68 Å². The SMILES string of the molecule is COCCc1nc(CCC(F)(F)F)n(-c2ccccc2)n1. The molecule has 0 fully saturated rings. The Kier molecular flexibility index (Phi) is 4.95. The lowest BCUT2D eigenvalue weighted by atomic mass is 10.2. The standard InChI is InChI=1S/C14H16F3N3O/c1-21-10-8-12-18-13(7-9-14(15,16)17)20(19-12)11-5-3-2-4-6-11/h2-6H,7-10H2,1H3. The summed E-state index contributed by atoms with van der Waals surface area (Å²) >= 11 is 0. The van der Waals surface area contributed by atoms with Crippen molar-refractivity contribution in [2.24, 2.45) is 0 Å². The van der Waals surface area contributed by atoms with Crippen LogP contribution in [0.2, 0.25) is 0 Å². The number of aromatic nitrogens is 3. The van der Waals surface area contributed by atoms with E-state index in [9.17, 15) is 13.2 Å². The minimum Gasteiger partial charge on any atom is -0.384 e. The Bertz CT molecular complexity index is 567. The summed E-state index contributed by atoms with van der Waals surface area (Å²) in [5, 5.41) is 4.28. The van der Waals surface area contributed by atoms with Gasteiger partial charge in [0.15, 0.2) is 5.82 Å². The van der Waals surface area contributed by atoms with E-state index < -0.39 is 12.6 Å². The first-order valence-corrected chi connectivity index (χ1v) is 6.55. The van der Waals surface area contributed by atoms with Crippen molar-refractivity contribution in [2.75, 3.05) is 13.7 Å². The van der Waals surface area contributed by atoms with Crippen LogP contribution in [0.15, 0.2) is 30.3 Å². The average Bonchev–Trinajstić information content (AvgIpc) is 2.86. The number of aryl methyl sites for hydroxylation is 1. The number of nitrogens with zero attached hydrogens (tertiary/aromatic N) is 3. The lowest BCUT2D eigenvalue weighted by Gasteiger charge is -2.07. The van der Waals surface area contributed by atoms with Crippen molar-refractivity contribution < 1.29 is 17.9 Å². The van der Waals surface area contributed by atoms with Crippen LogP contribution >= 0.6 is 0 Å². The van der Waals surface area contributed by atoms with Gasteiger partial charge in [-0.2, -0.15) is 18.3 Å². The number of benzene rings is 1. The molecule has 0 saturated carbocycles. The molecule has 114 valence electrons. The molecule has 0 bridgehead atoms. The maximum Gasteiger partial charge on any atom is 0.389 e. The van der Waals surface area contributed by atoms with Crippen LogP contribution in [-0.4, -0.2) is 34.7 Å². The molecule has 0 saturated heterocycles. The first kappa shape index (κ1) is 15.5. The maximum absolute atomic E-state index is 12.4. The highest BCUT2D eigenvalue weighted by Gasteiger charge is 2.28. The van der Waals surface area contributed by atoms with Gasteiger partial charge in [-0.1, -0.05) is 18.2 Å². The highest BCUT2D eigenvalue weighted by molar-refractivity contribution is 5.31. The van der Waals surface area contributed by atoms with E-state index in [2.05, 4.69) is 10.1 Å². The number of alkyl halides is 3. The monoisotopic (exact) mass is 299 g/mol. The lowest BCUT2D eigenvalue weighted by molar-refractivity contribution is -0.134. The Morgan fingerprint density at radius 3 is 2.48 bits per heavy atom. The highest BCUT2D eigenvalue weighted by atomic mass is 19.4. The van der Waals surface area contributed by atoms with Crippen molar-refractivity contribution >= 4 is 0 Å². The highest BCUT2D eigenvalue weighted by Crippen LogP contribution is 2.22. The van der Waals surface area contributed by atoms with Gasteiger partial charge in [-0.25, -0.2) is 9.67 Å². The van der Waals surface area contributed by atoms with Crippen LogP contribution in [-0.2, 0) is 17.6 Å². The van der Waals surface area contributed by atoms with Gasteiger partial charge in [-0.05, 0) is 12.1 Å². The normalized spacial score (nSPS) is 11.8. The van der Waals surface area contributed by atoms with Gasteiger partial charge in [-0.15, -0.1) is 0 Å². The molecule has 0 aliphatic heterocycles. The first-order chi connectivity index (χ1) is 9.99. The van der Waals surface area contributed by atoms with Gasteiger partial charge in [-0.3, -0.25) is 0 Å². The third-order valence-corrected chi connectivity index (χ3v) is 2.88. The van der Waals surface area contributed by atoms with Crippen LogP contribution in [0.4, 0.5) is 13.2 Å². The zero-order valence-electron chi connectivity index (χ0n) is 11.6. The summed E-state index contributed by atoms with van der Waals surface area (Å²) in [5.74, 6) is 0.794. The van der Waals surface area contributed by atoms with Crippen LogP contribution < -0.4 is 0 Å². The average molecular weight is 299 g/mol. The minimum atomic E-state index is -4.21. The second kappa shape index (κ2) is 6.71. The molecular formula is C14H16F3N3O. The second-order valence-corrected chi connectivity index (χ2v) is 4.55. The summed E-state index contributed by atoms with van der Waals surface area (Å²) in [6.45, 7) is 0.428. The largest absolute Gasteiger partial charge is 0.389 e. The van der Waals surface area contributed by atoms with Crippen molar-refractivity contribution in [1.82, 2.24) is 14.8 Å². The fourth-order valence-corrected chi connectivity index (χ4v) is 1.88. The summed E-state index contributed by atoms with van der Waals surface area (Å²) in [6, 6.07) is 9.01. The summed E-state index contributed by atoms with van der Waals surface area (Å²) in [7, 11) is 1.55. The third kappa shape index (κ3) is 4.56. The summed E-state index contributed by atoms with van der Waals surface area (Å²) in [5.41, 5.74) is 0.700. The number of para-hydroxylation sites is 1. The number of halogens is 3. The molecule has 1 heterocycles. The van der Waals surface area contributed by atoms with Crippen LogP contribution in [0.5, 0.6) is 0 Å². The molecule has 0 spiro atoms. The molecule has 0 amide bonds. The van der Waals surface area contributed by atoms with E-state index in [0.717, 1.165) is 0 Å². The fraction of sp³-hybridized carbons (Fsp3) is 0.429. The summed E-state index contributed by atoms with van der Waals surface area (Å²) in [4.78, 5) is 4.20. The summed E-state index contributed by atoms with van der Waals surface area (Å²) < 4.78 is 43.6. The maximum atomic E-state index is 12.4. The molecule has 0 atom stereocenters. The van der Waals surface area contributed by atoms with Gasteiger partial charge in [0.1, 0.15) is 5.82 Å². The lowest BCUT2D eigenvalue weighted by Crippen LogP contribution is -2.11. The molecular weight excluding hydrogens is 283 g/mol. The van der Waals surface area contributed by atoms with Crippen molar-refractivity contribution in [3.63, 3.8) is 0 Å². The quantitative estimate of drug-likeness (QED) is 0.823. The van der Waals surface area contributed by atoms with Crippen molar-refractivity contribution in [3.05, 3.63) is 42.0 Å². The minimum absolute atomic E-state index is 0.196. The van der Waals surface area contributed by atoms with Crippen LogP contribution in [0.25, 0.3) is 5.69 Å². The first-order valence-electron chi connectivity index (χ1n) is 6.55. The van der Waals surface area contributed by atoms with Gasteiger partial charge in [0, 0.05) is 20.0 Å². The smallest absolute Gasteiger partial charge is 0.384 e. The number of methoxy groups -OCH3 is 1. The molecule has 1 aromatic heterocycles. The van der Waals surface area contributed by atoms with Gasteiger partial charge in [0.05, 0.1) is 18.7 Å². The molecule has 0 N–H and O–H groups in total. The zero-order chi connectivity index (χ0) is 15.3. The Hall–Kier alpha value is -1.89. The second-order valence-electron chi connectivity index (χ2n) is 4.55. The Morgan fingerprint density at radius 2 is 1.86 bits per heavy atom. The van der Waals surface area contributed by atoms with Crippen molar-refractivity contribution in [3.8, 4) is 5.69 Å². The number of ether oxygens (including phenoxy) is 1. The van der Waals surface area contributed by atoms with Crippen LogP contribution in [0, 0.1) is 0 Å². The van der Waals surface area contributed by atoms with E-state index in [1.54, 1.807) is 31.4 Å². The molecule has 0 aliphatic carbocycles. The molecule has 7 heteroatoms. The molecule has 2 rings (SSSR count). The van der Waals surface area contributed by atoms with Gasteiger partial charge in [0.2, 0.25) is 0 Å². The van der Waals surface area contributed by atoms with Crippen LogP contribution in [0.1, 0.15) is 18.1 Å². The Morgan fingerprint density at radius 1 is 1.14 bits per heavy atom. The molecule has 21 heavy (non-hydrogen) atoms. The van der Waals surface area contributed by atoms with Crippen molar-refractivity contribution in [1.29, 1.82) is 0 Å². The topological polar surface area (TPSA) is 39.9 Å². The summed E-state index contributed by atoms with van der Waals surface area (Å²) in [6.07, 6.45) is -4.85. The van der Waals surface area contributed by atoms with Gasteiger partial charge >= 0.3 is 6.18 Å².